The second-order valence-corrected chi connectivity index (χ2v) is 6.47. The fraction of sp³-hybridized carbons (Fsp3) is 0.250. The van der Waals surface area contributed by atoms with E-state index in [0.29, 0.717) is 5.82 Å². The lowest BCUT2D eigenvalue weighted by molar-refractivity contribution is 0.601. The Morgan fingerprint density at radius 1 is 1.28 bits per heavy atom. The number of rotatable bonds is 3. The summed E-state index contributed by atoms with van der Waals surface area (Å²) < 4.78 is 24.0. The van der Waals surface area contributed by atoms with Gasteiger partial charge in [0.05, 0.1) is 11.9 Å². The molecular formula is C12H15N3O2S. The first-order valence-electron chi connectivity index (χ1n) is 5.41. The monoisotopic (exact) mass is 265 g/mol. The first-order valence-corrected chi connectivity index (χ1v) is 7.47. The van der Waals surface area contributed by atoms with E-state index in [9.17, 15) is 8.42 Å². The molecule has 1 heterocycles. The van der Waals surface area contributed by atoms with Crippen molar-refractivity contribution in [2.45, 2.75) is 5.75 Å². The molecule has 5 nitrogen and oxygen atoms in total. The summed E-state index contributed by atoms with van der Waals surface area (Å²) in [5, 5.41) is 4.07. The number of hydrogen-bond donors (Lipinski definition) is 1. The van der Waals surface area contributed by atoms with E-state index < -0.39 is 9.84 Å². The maximum atomic E-state index is 11.2. The van der Waals surface area contributed by atoms with Crippen molar-refractivity contribution in [2.24, 2.45) is 7.05 Å². The zero-order valence-electron chi connectivity index (χ0n) is 10.3. The molecule has 2 N–H and O–H groups in total. The van der Waals surface area contributed by atoms with E-state index in [-0.39, 0.29) is 5.75 Å². The zero-order valence-corrected chi connectivity index (χ0v) is 11.1. The number of nitrogens with two attached hydrogens (primary N) is 1. The van der Waals surface area contributed by atoms with Crippen LogP contribution in [0.1, 0.15) is 5.56 Å². The van der Waals surface area contributed by atoms with Crippen molar-refractivity contribution in [1.29, 1.82) is 0 Å². The third-order valence-corrected chi connectivity index (χ3v) is 3.54. The van der Waals surface area contributed by atoms with Crippen LogP contribution in [0, 0.1) is 0 Å². The van der Waals surface area contributed by atoms with Crippen molar-refractivity contribution < 1.29 is 8.42 Å². The lowest BCUT2D eigenvalue weighted by atomic mass is 10.1. The summed E-state index contributed by atoms with van der Waals surface area (Å²) in [6.07, 6.45) is 2.92. The summed E-state index contributed by atoms with van der Waals surface area (Å²) in [4.78, 5) is 0. The minimum Gasteiger partial charge on any atom is -0.383 e. The van der Waals surface area contributed by atoms with Gasteiger partial charge in [0.2, 0.25) is 0 Å². The van der Waals surface area contributed by atoms with Gasteiger partial charge in [0, 0.05) is 18.9 Å². The van der Waals surface area contributed by atoms with Crippen LogP contribution in [0.15, 0.2) is 30.5 Å². The Kier molecular flexibility index (Phi) is 3.13. The molecule has 0 saturated heterocycles. The van der Waals surface area contributed by atoms with Gasteiger partial charge in [-0.1, -0.05) is 24.3 Å². The Morgan fingerprint density at radius 2 is 1.89 bits per heavy atom. The average Bonchev–Trinajstić information content (AvgIpc) is 2.59. The summed E-state index contributed by atoms with van der Waals surface area (Å²) >= 11 is 0. The quantitative estimate of drug-likeness (QED) is 0.905. The summed E-state index contributed by atoms with van der Waals surface area (Å²) in [5.74, 6) is 0.640. The van der Waals surface area contributed by atoms with Crippen molar-refractivity contribution in [2.75, 3.05) is 12.0 Å². The van der Waals surface area contributed by atoms with Crippen molar-refractivity contribution in [3.8, 4) is 11.1 Å². The molecule has 1 aromatic heterocycles. The SMILES string of the molecule is Cn1ncc(-c2ccc(CS(C)(=O)=O)cc2)c1N. The van der Waals surface area contributed by atoms with E-state index in [2.05, 4.69) is 5.10 Å². The Hall–Kier alpha value is -1.82. The van der Waals surface area contributed by atoms with Crippen LogP contribution in [0.3, 0.4) is 0 Å². The molecule has 0 atom stereocenters. The van der Waals surface area contributed by atoms with E-state index in [0.717, 1.165) is 16.7 Å². The second kappa shape index (κ2) is 4.45. The smallest absolute Gasteiger partial charge is 0.151 e. The normalized spacial score (nSPS) is 11.7. The topological polar surface area (TPSA) is 78.0 Å². The maximum Gasteiger partial charge on any atom is 0.151 e. The van der Waals surface area contributed by atoms with Crippen LogP contribution >= 0.6 is 0 Å². The number of aryl methyl sites for hydroxylation is 1. The number of nitrogens with zero attached hydrogens (tertiary/aromatic N) is 2. The van der Waals surface area contributed by atoms with Gasteiger partial charge in [-0.15, -0.1) is 0 Å². The van der Waals surface area contributed by atoms with Gasteiger partial charge in [-0.05, 0) is 11.1 Å². The minimum atomic E-state index is -3.00. The summed E-state index contributed by atoms with van der Waals surface area (Å²) in [7, 11) is -1.23. The Labute approximate surface area is 106 Å². The van der Waals surface area contributed by atoms with Crippen LogP contribution in [0.2, 0.25) is 0 Å². The molecule has 1 aromatic carbocycles. The highest BCUT2D eigenvalue weighted by atomic mass is 32.2. The molecule has 0 radical (unpaired) electrons. The molecule has 0 aliphatic heterocycles. The second-order valence-electron chi connectivity index (χ2n) is 4.33. The molecule has 0 spiro atoms. The number of hydrogen-bond acceptors (Lipinski definition) is 4. The van der Waals surface area contributed by atoms with Gasteiger partial charge in [0.1, 0.15) is 5.82 Å². The highest BCUT2D eigenvalue weighted by Gasteiger charge is 2.08. The van der Waals surface area contributed by atoms with Crippen LogP contribution in [0.4, 0.5) is 5.82 Å². The molecule has 0 fully saturated rings. The van der Waals surface area contributed by atoms with Gasteiger partial charge in [0.15, 0.2) is 9.84 Å². The minimum absolute atomic E-state index is 0.0514. The highest BCUT2D eigenvalue weighted by molar-refractivity contribution is 7.89. The predicted molar refractivity (Wildman–Crippen MR) is 71.6 cm³/mol. The van der Waals surface area contributed by atoms with E-state index in [1.165, 1.54) is 6.26 Å². The van der Waals surface area contributed by atoms with E-state index in [1.807, 2.05) is 12.1 Å². The lowest BCUT2D eigenvalue weighted by Gasteiger charge is -2.03. The molecule has 0 aliphatic carbocycles. The molecule has 0 amide bonds. The summed E-state index contributed by atoms with van der Waals surface area (Å²) in [5.41, 5.74) is 8.43. The molecule has 2 aromatic rings. The number of aromatic nitrogens is 2. The first-order chi connectivity index (χ1) is 8.37. The molecule has 2 rings (SSSR count). The van der Waals surface area contributed by atoms with E-state index in [4.69, 9.17) is 5.73 Å². The molecule has 6 heteroatoms. The molecule has 0 saturated carbocycles. The summed E-state index contributed by atoms with van der Waals surface area (Å²) in [6.45, 7) is 0. The fourth-order valence-electron chi connectivity index (χ4n) is 1.75. The standard InChI is InChI=1S/C12H15N3O2S/c1-15-12(13)11(7-14-15)10-5-3-9(4-6-10)8-18(2,16)17/h3-7H,8,13H2,1-2H3. The van der Waals surface area contributed by atoms with Crippen molar-refractivity contribution in [1.82, 2.24) is 9.78 Å². The molecule has 0 unspecified atom stereocenters. The third-order valence-electron chi connectivity index (χ3n) is 2.68. The van der Waals surface area contributed by atoms with E-state index in [1.54, 1.807) is 30.1 Å². The largest absolute Gasteiger partial charge is 0.383 e. The molecule has 0 bridgehead atoms. The third kappa shape index (κ3) is 2.70. The lowest BCUT2D eigenvalue weighted by Crippen LogP contribution is -2.00. The van der Waals surface area contributed by atoms with Crippen LogP contribution in [-0.2, 0) is 22.6 Å². The van der Waals surface area contributed by atoms with Gasteiger partial charge >= 0.3 is 0 Å². The molecular weight excluding hydrogens is 250 g/mol. The number of anilines is 1. The van der Waals surface area contributed by atoms with Crippen LogP contribution < -0.4 is 5.73 Å². The number of nitrogen functional groups attached to an aromatic ring is 1. The van der Waals surface area contributed by atoms with Crippen LogP contribution in [0.25, 0.3) is 11.1 Å². The van der Waals surface area contributed by atoms with Crippen molar-refractivity contribution in [3.63, 3.8) is 0 Å². The van der Waals surface area contributed by atoms with Gasteiger partial charge in [-0.3, -0.25) is 4.68 Å². The fourth-order valence-corrected chi connectivity index (χ4v) is 2.55. The first kappa shape index (κ1) is 12.6. The van der Waals surface area contributed by atoms with Gasteiger partial charge in [-0.25, -0.2) is 8.42 Å². The average molecular weight is 265 g/mol. The predicted octanol–water partition coefficient (Wildman–Crippen LogP) is 1.21. The Morgan fingerprint density at radius 3 is 2.33 bits per heavy atom. The number of benzene rings is 1. The zero-order chi connectivity index (χ0) is 13.3. The Balaban J connectivity index is 2.31. The van der Waals surface area contributed by atoms with Gasteiger partial charge in [-0.2, -0.15) is 5.10 Å². The van der Waals surface area contributed by atoms with Crippen molar-refractivity contribution >= 4 is 15.7 Å². The van der Waals surface area contributed by atoms with Gasteiger partial charge < -0.3 is 5.73 Å². The molecule has 96 valence electrons. The highest BCUT2D eigenvalue weighted by Crippen LogP contribution is 2.25. The number of sulfone groups is 1. The van der Waals surface area contributed by atoms with Gasteiger partial charge in [0.25, 0.3) is 0 Å². The maximum absolute atomic E-state index is 11.2. The molecule has 0 aliphatic rings. The van der Waals surface area contributed by atoms with Crippen LogP contribution in [0.5, 0.6) is 0 Å². The molecule has 18 heavy (non-hydrogen) atoms. The summed E-state index contributed by atoms with van der Waals surface area (Å²) in [6, 6.07) is 7.30. The van der Waals surface area contributed by atoms with Crippen molar-refractivity contribution in [3.05, 3.63) is 36.0 Å². The van der Waals surface area contributed by atoms with E-state index >= 15 is 0 Å². The Bertz CT molecular complexity index is 657. The van der Waals surface area contributed by atoms with Crippen LogP contribution in [-0.4, -0.2) is 24.5 Å².